The smallest absolute Gasteiger partial charge is 0.216 e. The molecule has 0 aromatic rings. The fourth-order valence-electron chi connectivity index (χ4n) is 2.16. The van der Waals surface area contributed by atoms with Gasteiger partial charge in [-0.3, -0.25) is 0 Å². The average molecular weight is 343 g/mol. The fourth-order valence-corrected chi connectivity index (χ4v) is 7.41. The van der Waals surface area contributed by atoms with Gasteiger partial charge in [-0.05, 0) is 12.8 Å². The molecule has 1 saturated heterocycles. The molecule has 1 unspecified atom stereocenters. The van der Waals surface area contributed by atoms with Gasteiger partial charge in [0.2, 0.25) is 10.0 Å². The van der Waals surface area contributed by atoms with E-state index in [1.165, 1.54) is 16.1 Å². The SMILES string of the molecule is CCS(=O)(=O)C1CSCCN1S(=O)(=O)CCNC1CC1. The molecule has 0 bridgehead atoms. The Morgan fingerprint density at radius 2 is 1.95 bits per heavy atom. The Hall–Kier alpha value is 0.170. The van der Waals surface area contributed by atoms with E-state index < -0.39 is 25.2 Å². The predicted molar refractivity (Wildman–Crippen MR) is 82.1 cm³/mol. The molecule has 1 N–H and O–H groups in total. The number of sulfone groups is 1. The first kappa shape index (κ1) is 16.5. The van der Waals surface area contributed by atoms with Gasteiger partial charge < -0.3 is 5.32 Å². The summed E-state index contributed by atoms with van der Waals surface area (Å²) in [6.07, 6.45) is 2.21. The van der Waals surface area contributed by atoms with Crippen LogP contribution in [0.1, 0.15) is 19.8 Å². The lowest BCUT2D eigenvalue weighted by Crippen LogP contribution is -2.52. The van der Waals surface area contributed by atoms with Crippen LogP contribution in [0.15, 0.2) is 0 Å². The third-order valence-electron chi connectivity index (χ3n) is 3.58. The van der Waals surface area contributed by atoms with Crippen LogP contribution >= 0.6 is 11.8 Å². The van der Waals surface area contributed by atoms with E-state index in [1.54, 1.807) is 6.92 Å². The zero-order valence-corrected chi connectivity index (χ0v) is 14.1. The van der Waals surface area contributed by atoms with E-state index in [2.05, 4.69) is 5.32 Å². The van der Waals surface area contributed by atoms with Crippen molar-refractivity contribution in [2.45, 2.75) is 31.2 Å². The quantitative estimate of drug-likeness (QED) is 0.694. The van der Waals surface area contributed by atoms with Gasteiger partial charge in [-0.25, -0.2) is 16.8 Å². The van der Waals surface area contributed by atoms with E-state index in [0.29, 0.717) is 30.6 Å². The Labute approximate surface area is 125 Å². The third kappa shape index (κ3) is 4.09. The summed E-state index contributed by atoms with van der Waals surface area (Å²) in [6, 6.07) is 0.456. The van der Waals surface area contributed by atoms with Gasteiger partial charge in [0.15, 0.2) is 9.84 Å². The van der Waals surface area contributed by atoms with E-state index >= 15 is 0 Å². The standard InChI is InChI=1S/C11H22N2O4S3/c1-2-19(14,15)11-9-18-7-6-13(11)20(16,17)8-5-12-10-3-4-10/h10-12H,2-9H2,1H3. The molecule has 1 aliphatic carbocycles. The molecule has 0 spiro atoms. The molecule has 2 aliphatic rings. The Bertz CT molecular complexity index is 528. The molecule has 6 nitrogen and oxygen atoms in total. The van der Waals surface area contributed by atoms with Crippen molar-refractivity contribution in [3.63, 3.8) is 0 Å². The fraction of sp³-hybridized carbons (Fsp3) is 1.00. The van der Waals surface area contributed by atoms with Crippen molar-refractivity contribution in [1.82, 2.24) is 9.62 Å². The highest BCUT2D eigenvalue weighted by atomic mass is 32.2. The van der Waals surface area contributed by atoms with Gasteiger partial charge in [-0.2, -0.15) is 16.1 Å². The molecule has 9 heteroatoms. The summed E-state index contributed by atoms with van der Waals surface area (Å²) in [5, 5.41) is 2.27. The van der Waals surface area contributed by atoms with Crippen molar-refractivity contribution in [2.24, 2.45) is 0 Å². The largest absolute Gasteiger partial charge is 0.313 e. The molecule has 0 aromatic heterocycles. The number of rotatable bonds is 7. The van der Waals surface area contributed by atoms with Crippen LogP contribution in [0.5, 0.6) is 0 Å². The molecular weight excluding hydrogens is 320 g/mol. The van der Waals surface area contributed by atoms with Crippen molar-refractivity contribution in [3.8, 4) is 0 Å². The van der Waals surface area contributed by atoms with Gasteiger partial charge in [0.1, 0.15) is 5.37 Å². The van der Waals surface area contributed by atoms with Crippen molar-refractivity contribution in [1.29, 1.82) is 0 Å². The molecule has 1 aliphatic heterocycles. The Balaban J connectivity index is 2.05. The second-order valence-corrected chi connectivity index (χ2v) is 10.8. The Morgan fingerprint density at radius 3 is 2.55 bits per heavy atom. The summed E-state index contributed by atoms with van der Waals surface area (Å²) in [5.74, 6) is 0.949. The van der Waals surface area contributed by atoms with Gasteiger partial charge in [0.05, 0.1) is 5.75 Å². The molecule has 0 aromatic carbocycles. The lowest BCUT2D eigenvalue weighted by molar-refractivity contribution is 0.403. The molecule has 1 saturated carbocycles. The van der Waals surface area contributed by atoms with Crippen LogP contribution in [0, 0.1) is 0 Å². The first-order valence-corrected chi connectivity index (χ1v) is 11.4. The van der Waals surface area contributed by atoms with Crippen LogP contribution in [0.25, 0.3) is 0 Å². The van der Waals surface area contributed by atoms with Crippen LogP contribution in [0.4, 0.5) is 0 Å². The normalized spacial score (nSPS) is 25.8. The zero-order valence-electron chi connectivity index (χ0n) is 11.6. The second kappa shape index (κ2) is 6.51. The van der Waals surface area contributed by atoms with Crippen molar-refractivity contribution in [2.75, 3.05) is 36.1 Å². The lowest BCUT2D eigenvalue weighted by atomic mass is 10.6. The maximum Gasteiger partial charge on any atom is 0.216 e. The van der Waals surface area contributed by atoms with Crippen LogP contribution < -0.4 is 5.32 Å². The van der Waals surface area contributed by atoms with Gasteiger partial charge in [-0.1, -0.05) is 6.92 Å². The number of hydrogen-bond acceptors (Lipinski definition) is 6. The highest BCUT2D eigenvalue weighted by Crippen LogP contribution is 2.24. The summed E-state index contributed by atoms with van der Waals surface area (Å²) in [4.78, 5) is 0. The van der Waals surface area contributed by atoms with E-state index in [1.807, 2.05) is 0 Å². The molecule has 0 amide bonds. The monoisotopic (exact) mass is 342 g/mol. The van der Waals surface area contributed by atoms with Gasteiger partial charge in [-0.15, -0.1) is 0 Å². The molecule has 1 heterocycles. The van der Waals surface area contributed by atoms with Crippen LogP contribution in [-0.4, -0.2) is 68.7 Å². The minimum absolute atomic E-state index is 0.0232. The summed E-state index contributed by atoms with van der Waals surface area (Å²) < 4.78 is 50.1. The summed E-state index contributed by atoms with van der Waals surface area (Å²) in [5.41, 5.74) is 0. The molecule has 20 heavy (non-hydrogen) atoms. The average Bonchev–Trinajstić information content (AvgIpc) is 3.23. The Kier molecular flexibility index (Phi) is 5.39. The van der Waals surface area contributed by atoms with E-state index in [9.17, 15) is 16.8 Å². The molecule has 118 valence electrons. The third-order valence-corrected chi connectivity index (χ3v) is 8.88. The highest BCUT2D eigenvalue weighted by Gasteiger charge is 2.39. The number of sulfonamides is 1. The van der Waals surface area contributed by atoms with Crippen LogP contribution in [0.2, 0.25) is 0 Å². The van der Waals surface area contributed by atoms with Crippen LogP contribution in [0.3, 0.4) is 0 Å². The topological polar surface area (TPSA) is 83.6 Å². The van der Waals surface area contributed by atoms with Gasteiger partial charge in [0.25, 0.3) is 0 Å². The van der Waals surface area contributed by atoms with E-state index in [-0.39, 0.29) is 11.5 Å². The number of thioether (sulfide) groups is 1. The van der Waals surface area contributed by atoms with Crippen LogP contribution in [-0.2, 0) is 19.9 Å². The highest BCUT2D eigenvalue weighted by molar-refractivity contribution is 8.01. The summed E-state index contributed by atoms with van der Waals surface area (Å²) >= 11 is 1.50. The minimum atomic E-state index is -3.52. The molecule has 2 rings (SSSR count). The maximum atomic E-state index is 12.4. The van der Waals surface area contributed by atoms with E-state index in [0.717, 1.165) is 12.8 Å². The summed E-state index contributed by atoms with van der Waals surface area (Å²) in [6.45, 7) is 2.25. The lowest BCUT2D eigenvalue weighted by Gasteiger charge is -2.33. The first-order chi connectivity index (χ1) is 9.37. The molecule has 0 radical (unpaired) electrons. The second-order valence-electron chi connectivity index (χ2n) is 5.14. The van der Waals surface area contributed by atoms with Crippen molar-refractivity contribution in [3.05, 3.63) is 0 Å². The molecular formula is C11H22N2O4S3. The first-order valence-electron chi connectivity index (χ1n) is 6.89. The Morgan fingerprint density at radius 1 is 1.25 bits per heavy atom. The van der Waals surface area contributed by atoms with Crippen molar-refractivity contribution < 1.29 is 16.8 Å². The zero-order chi connectivity index (χ0) is 14.8. The number of nitrogens with one attached hydrogen (secondary N) is 1. The molecule has 1 atom stereocenters. The predicted octanol–water partition coefficient (Wildman–Crippen LogP) is -0.122. The van der Waals surface area contributed by atoms with Crippen molar-refractivity contribution >= 4 is 31.6 Å². The summed E-state index contributed by atoms with van der Waals surface area (Å²) in [7, 11) is -6.89. The number of hydrogen-bond donors (Lipinski definition) is 1. The number of nitrogens with zero attached hydrogens (tertiary/aromatic N) is 1. The maximum absolute atomic E-state index is 12.4. The minimum Gasteiger partial charge on any atom is -0.313 e. The van der Waals surface area contributed by atoms with Gasteiger partial charge >= 0.3 is 0 Å². The molecule has 2 fully saturated rings. The van der Waals surface area contributed by atoms with E-state index in [4.69, 9.17) is 0 Å². The van der Waals surface area contributed by atoms with Gasteiger partial charge in [0, 0.05) is 36.4 Å².